The van der Waals surface area contributed by atoms with E-state index in [1.807, 2.05) is 0 Å². The number of carbonyl (C=O) groups is 1. The first kappa shape index (κ1) is 14.0. The first-order valence-corrected chi connectivity index (χ1v) is 6.04. The Bertz CT molecular complexity index is 688. The number of hydrogen-bond acceptors (Lipinski definition) is 4. The average molecular weight is 292 g/mol. The van der Waals surface area contributed by atoms with E-state index in [1.54, 1.807) is 25.1 Å². The predicted octanol–water partition coefficient (Wildman–Crippen LogP) is 3.20. The molecule has 0 spiro atoms. The molecule has 0 fully saturated rings. The summed E-state index contributed by atoms with van der Waals surface area (Å²) in [5.41, 5.74) is 0.997. The van der Waals surface area contributed by atoms with Crippen LogP contribution in [0.25, 0.3) is 0 Å². The van der Waals surface area contributed by atoms with Crippen LogP contribution >= 0.6 is 11.6 Å². The Balaban J connectivity index is 2.27. The van der Waals surface area contributed by atoms with Gasteiger partial charge >= 0.3 is 0 Å². The number of hydrogen-bond donors (Lipinski definition) is 1. The van der Waals surface area contributed by atoms with Crippen LogP contribution in [-0.2, 0) is 0 Å². The molecule has 0 saturated carbocycles. The molecule has 1 amide bonds. The van der Waals surface area contributed by atoms with E-state index in [9.17, 15) is 14.9 Å². The number of nitro benzene ring substituents is 1. The molecule has 0 bridgehead atoms. The maximum atomic E-state index is 12.0. The van der Waals surface area contributed by atoms with Gasteiger partial charge in [-0.15, -0.1) is 0 Å². The minimum atomic E-state index is -0.498. The van der Waals surface area contributed by atoms with Crippen molar-refractivity contribution in [1.29, 1.82) is 0 Å². The van der Waals surface area contributed by atoms with Gasteiger partial charge in [0.2, 0.25) is 0 Å². The summed E-state index contributed by atoms with van der Waals surface area (Å²) in [4.78, 5) is 26.1. The van der Waals surface area contributed by atoms with Crippen molar-refractivity contribution in [3.05, 3.63) is 62.9 Å². The molecule has 2 rings (SSSR count). The van der Waals surface area contributed by atoms with Gasteiger partial charge in [-0.05, 0) is 25.1 Å². The third kappa shape index (κ3) is 2.92. The van der Waals surface area contributed by atoms with Crippen LogP contribution in [0, 0.1) is 17.0 Å². The highest BCUT2D eigenvalue weighted by Crippen LogP contribution is 2.23. The van der Waals surface area contributed by atoms with Gasteiger partial charge in [0.15, 0.2) is 0 Å². The second-order valence-electron chi connectivity index (χ2n) is 4.05. The lowest BCUT2D eigenvalue weighted by atomic mass is 10.2. The van der Waals surface area contributed by atoms with Gasteiger partial charge in [0.25, 0.3) is 11.6 Å². The van der Waals surface area contributed by atoms with E-state index in [0.717, 1.165) is 0 Å². The Hall–Kier alpha value is -2.47. The molecule has 0 aliphatic heterocycles. The Kier molecular flexibility index (Phi) is 3.95. The van der Waals surface area contributed by atoms with Crippen LogP contribution in [0.4, 0.5) is 11.4 Å². The third-order valence-electron chi connectivity index (χ3n) is 2.67. The summed E-state index contributed by atoms with van der Waals surface area (Å²) in [5.74, 6) is -0.471. The van der Waals surface area contributed by atoms with Crippen LogP contribution in [-0.4, -0.2) is 15.8 Å². The number of nitrogens with zero attached hydrogens (tertiary/aromatic N) is 2. The molecule has 1 aromatic heterocycles. The largest absolute Gasteiger partial charge is 0.322 e. The number of benzene rings is 1. The summed E-state index contributed by atoms with van der Waals surface area (Å²) >= 11 is 5.81. The first-order valence-electron chi connectivity index (χ1n) is 5.66. The normalized spacial score (nSPS) is 10.1. The zero-order chi connectivity index (χ0) is 14.7. The number of pyridine rings is 1. The molecule has 0 aliphatic rings. The van der Waals surface area contributed by atoms with Crippen molar-refractivity contribution in [3.8, 4) is 0 Å². The molecule has 102 valence electrons. The number of amides is 1. The first-order chi connectivity index (χ1) is 9.49. The van der Waals surface area contributed by atoms with Crippen molar-refractivity contribution in [2.45, 2.75) is 6.92 Å². The molecule has 1 N–H and O–H groups in total. The highest BCUT2D eigenvalue weighted by atomic mass is 35.5. The van der Waals surface area contributed by atoms with Crippen LogP contribution in [0.2, 0.25) is 5.15 Å². The molecule has 0 atom stereocenters. The Labute approximate surface area is 119 Å². The lowest BCUT2D eigenvalue weighted by Gasteiger charge is -2.07. The van der Waals surface area contributed by atoms with Gasteiger partial charge in [-0.1, -0.05) is 17.7 Å². The van der Waals surface area contributed by atoms with E-state index in [4.69, 9.17) is 11.6 Å². The quantitative estimate of drug-likeness (QED) is 0.534. The lowest BCUT2D eigenvalue weighted by Crippen LogP contribution is -2.13. The van der Waals surface area contributed by atoms with Crippen LogP contribution in [0.5, 0.6) is 0 Å². The minimum absolute atomic E-state index is 0.0555. The molecule has 6 nitrogen and oxygen atoms in total. The van der Waals surface area contributed by atoms with Crippen molar-refractivity contribution in [1.82, 2.24) is 4.98 Å². The zero-order valence-corrected chi connectivity index (χ0v) is 11.2. The van der Waals surface area contributed by atoms with Gasteiger partial charge in [-0.3, -0.25) is 14.9 Å². The fraction of sp³-hybridized carbons (Fsp3) is 0.0769. The van der Waals surface area contributed by atoms with E-state index in [-0.39, 0.29) is 16.4 Å². The Morgan fingerprint density at radius 1 is 1.40 bits per heavy atom. The summed E-state index contributed by atoms with van der Waals surface area (Å²) in [5, 5.41) is 13.5. The molecular formula is C13H10ClN3O3. The van der Waals surface area contributed by atoms with Crippen LogP contribution < -0.4 is 5.32 Å². The molecule has 1 heterocycles. The summed E-state index contributed by atoms with van der Waals surface area (Å²) in [6, 6.07) is 7.56. The molecule has 7 heteroatoms. The summed E-state index contributed by atoms with van der Waals surface area (Å²) < 4.78 is 0. The summed E-state index contributed by atoms with van der Waals surface area (Å²) in [6.07, 6.45) is 1.47. The number of nitro groups is 1. The SMILES string of the molecule is Cc1ccc(NC(=O)c2cccnc2Cl)cc1[N+](=O)[O-]. The maximum absolute atomic E-state index is 12.0. The predicted molar refractivity (Wildman–Crippen MR) is 75.0 cm³/mol. The van der Waals surface area contributed by atoms with Gasteiger partial charge in [-0.2, -0.15) is 0 Å². The van der Waals surface area contributed by atoms with E-state index < -0.39 is 10.8 Å². The van der Waals surface area contributed by atoms with E-state index in [2.05, 4.69) is 10.3 Å². The smallest absolute Gasteiger partial charge is 0.274 e. The van der Waals surface area contributed by atoms with Gasteiger partial charge in [0.1, 0.15) is 5.15 Å². The number of aryl methyl sites for hydroxylation is 1. The highest BCUT2D eigenvalue weighted by Gasteiger charge is 2.14. The van der Waals surface area contributed by atoms with Crippen molar-refractivity contribution < 1.29 is 9.72 Å². The maximum Gasteiger partial charge on any atom is 0.274 e. The minimum Gasteiger partial charge on any atom is -0.322 e. The van der Waals surface area contributed by atoms with Crippen LogP contribution in [0.1, 0.15) is 15.9 Å². The fourth-order valence-corrected chi connectivity index (χ4v) is 1.84. The molecular weight excluding hydrogens is 282 g/mol. The Morgan fingerprint density at radius 2 is 2.15 bits per heavy atom. The van der Waals surface area contributed by atoms with Crippen molar-refractivity contribution in [3.63, 3.8) is 0 Å². The highest BCUT2D eigenvalue weighted by molar-refractivity contribution is 6.33. The van der Waals surface area contributed by atoms with Crippen LogP contribution in [0.3, 0.4) is 0 Å². The van der Waals surface area contributed by atoms with Gasteiger partial charge in [0.05, 0.1) is 10.5 Å². The van der Waals surface area contributed by atoms with E-state index >= 15 is 0 Å². The van der Waals surface area contributed by atoms with Crippen LogP contribution in [0.15, 0.2) is 36.5 Å². The van der Waals surface area contributed by atoms with E-state index in [0.29, 0.717) is 11.3 Å². The number of carbonyl (C=O) groups excluding carboxylic acids is 1. The molecule has 0 radical (unpaired) electrons. The number of nitrogens with one attached hydrogen (secondary N) is 1. The topological polar surface area (TPSA) is 85.1 Å². The fourth-order valence-electron chi connectivity index (χ4n) is 1.64. The molecule has 1 aromatic carbocycles. The zero-order valence-electron chi connectivity index (χ0n) is 10.5. The van der Waals surface area contributed by atoms with Gasteiger partial charge in [0, 0.05) is 23.5 Å². The number of aromatic nitrogens is 1. The number of rotatable bonds is 3. The second kappa shape index (κ2) is 5.66. The van der Waals surface area contributed by atoms with Crippen molar-refractivity contribution in [2.75, 3.05) is 5.32 Å². The Morgan fingerprint density at radius 3 is 2.80 bits per heavy atom. The molecule has 2 aromatic rings. The third-order valence-corrected chi connectivity index (χ3v) is 2.97. The monoisotopic (exact) mass is 291 g/mol. The second-order valence-corrected chi connectivity index (χ2v) is 4.41. The average Bonchev–Trinajstić information content (AvgIpc) is 2.41. The molecule has 0 saturated heterocycles. The standard InChI is InChI=1S/C13H10ClN3O3/c1-8-4-5-9(7-11(8)17(19)20)16-13(18)10-3-2-6-15-12(10)14/h2-7H,1H3,(H,16,18). The van der Waals surface area contributed by atoms with Gasteiger partial charge < -0.3 is 5.32 Å². The molecule has 20 heavy (non-hydrogen) atoms. The molecule has 0 aliphatic carbocycles. The van der Waals surface area contributed by atoms with Crippen molar-refractivity contribution in [2.24, 2.45) is 0 Å². The summed E-state index contributed by atoms with van der Waals surface area (Å²) in [6.45, 7) is 1.63. The van der Waals surface area contributed by atoms with E-state index in [1.165, 1.54) is 18.3 Å². The molecule has 0 unspecified atom stereocenters. The number of halogens is 1. The van der Waals surface area contributed by atoms with Crippen molar-refractivity contribution >= 4 is 28.9 Å². The lowest BCUT2D eigenvalue weighted by molar-refractivity contribution is -0.385. The van der Waals surface area contributed by atoms with Gasteiger partial charge in [-0.25, -0.2) is 4.98 Å². The summed E-state index contributed by atoms with van der Waals surface area (Å²) in [7, 11) is 0. The number of anilines is 1.